The number of esters is 1. The van der Waals surface area contributed by atoms with Crippen LogP contribution in [0.15, 0.2) is 60.7 Å². The maximum absolute atomic E-state index is 12.4. The Kier molecular flexibility index (Phi) is 4.40. The van der Waals surface area contributed by atoms with E-state index < -0.39 is 11.6 Å². The Labute approximate surface area is 141 Å². The molecule has 2 aromatic carbocycles. The molecule has 3 rings (SSSR count). The molecule has 1 heterocycles. The molecule has 124 valence electrons. The van der Waals surface area contributed by atoms with Crippen LogP contribution in [0.25, 0.3) is 0 Å². The van der Waals surface area contributed by atoms with Crippen molar-refractivity contribution in [1.29, 1.82) is 0 Å². The molecule has 0 fully saturated rings. The quantitative estimate of drug-likeness (QED) is 0.669. The van der Waals surface area contributed by atoms with Gasteiger partial charge >= 0.3 is 5.97 Å². The van der Waals surface area contributed by atoms with Crippen LogP contribution in [0.2, 0.25) is 0 Å². The molecule has 1 aliphatic rings. The highest BCUT2D eigenvalue weighted by Gasteiger charge is 2.45. The summed E-state index contributed by atoms with van der Waals surface area (Å²) in [5, 5.41) is 9.36. The molecule has 24 heavy (non-hydrogen) atoms. The summed E-state index contributed by atoms with van der Waals surface area (Å²) in [6, 6.07) is 15.0. The Balaban J connectivity index is 2.21. The number of fused-ring (bicyclic) bond motifs is 2. The fraction of sp³-hybridized carbons (Fsp3) is 0.250. The molecule has 0 saturated heterocycles. The molecule has 2 aromatic rings. The summed E-state index contributed by atoms with van der Waals surface area (Å²) in [5.74, 6) is 0.853. The first-order valence-electron chi connectivity index (χ1n) is 7.95. The van der Waals surface area contributed by atoms with Gasteiger partial charge in [-0.3, -0.25) is 0 Å². The Bertz CT molecular complexity index is 733. The predicted molar refractivity (Wildman–Crippen MR) is 91.0 cm³/mol. The van der Waals surface area contributed by atoms with Crippen LogP contribution in [0.4, 0.5) is 0 Å². The van der Waals surface area contributed by atoms with Crippen molar-refractivity contribution in [2.75, 3.05) is 6.61 Å². The number of hydrogen-bond donors (Lipinski definition) is 1. The van der Waals surface area contributed by atoms with E-state index in [2.05, 4.69) is 6.58 Å². The van der Waals surface area contributed by atoms with E-state index in [0.29, 0.717) is 29.9 Å². The molecule has 0 bridgehead atoms. The summed E-state index contributed by atoms with van der Waals surface area (Å²) < 4.78 is 11.9. The fourth-order valence-corrected chi connectivity index (χ4v) is 3.05. The average molecular weight is 324 g/mol. The summed E-state index contributed by atoms with van der Waals surface area (Å²) in [6.07, 6.45) is 0.950. The minimum absolute atomic E-state index is 0.0115. The topological polar surface area (TPSA) is 55.8 Å². The van der Waals surface area contributed by atoms with Crippen LogP contribution >= 0.6 is 0 Å². The van der Waals surface area contributed by atoms with Crippen molar-refractivity contribution in [2.45, 2.75) is 25.4 Å². The Morgan fingerprint density at radius 3 is 2.17 bits per heavy atom. The molecule has 0 unspecified atom stereocenters. The highest BCUT2D eigenvalue weighted by Crippen LogP contribution is 2.51. The minimum atomic E-state index is -0.996. The molecule has 4 nitrogen and oxygen atoms in total. The lowest BCUT2D eigenvalue weighted by molar-refractivity contribution is -0.153. The molecule has 0 amide bonds. The van der Waals surface area contributed by atoms with Gasteiger partial charge in [-0.15, -0.1) is 0 Å². The highest BCUT2D eigenvalue weighted by atomic mass is 16.6. The van der Waals surface area contributed by atoms with Crippen molar-refractivity contribution in [3.63, 3.8) is 0 Å². The van der Waals surface area contributed by atoms with Gasteiger partial charge in [-0.05, 0) is 31.9 Å². The lowest BCUT2D eigenvalue weighted by Crippen LogP contribution is -2.37. The Morgan fingerprint density at radius 1 is 1.12 bits per heavy atom. The van der Waals surface area contributed by atoms with Crippen LogP contribution < -0.4 is 4.74 Å². The SMILES string of the molecule is C=C(C)C(=O)OC1(CCCO)c2ccccc2Oc2ccccc21. The molecule has 0 aromatic heterocycles. The van der Waals surface area contributed by atoms with E-state index in [1.807, 2.05) is 48.5 Å². The zero-order valence-corrected chi connectivity index (χ0v) is 13.6. The normalized spacial score (nSPS) is 14.1. The van der Waals surface area contributed by atoms with Gasteiger partial charge in [0, 0.05) is 23.3 Å². The number of aliphatic hydroxyl groups is 1. The van der Waals surface area contributed by atoms with Gasteiger partial charge in [-0.2, -0.15) is 0 Å². The van der Waals surface area contributed by atoms with Gasteiger partial charge in [0.05, 0.1) is 0 Å². The lowest BCUT2D eigenvalue weighted by atomic mass is 9.79. The van der Waals surface area contributed by atoms with Crippen molar-refractivity contribution >= 4 is 5.97 Å². The molecule has 0 atom stereocenters. The van der Waals surface area contributed by atoms with E-state index in [1.165, 1.54) is 0 Å². The molecule has 1 aliphatic heterocycles. The zero-order chi connectivity index (χ0) is 17.2. The lowest BCUT2D eigenvalue weighted by Gasteiger charge is -2.39. The van der Waals surface area contributed by atoms with E-state index in [0.717, 1.165) is 11.1 Å². The van der Waals surface area contributed by atoms with Gasteiger partial charge in [0.15, 0.2) is 5.60 Å². The van der Waals surface area contributed by atoms with Crippen LogP contribution in [-0.2, 0) is 15.1 Å². The smallest absolute Gasteiger partial charge is 0.334 e. The van der Waals surface area contributed by atoms with Crippen LogP contribution in [0.3, 0.4) is 0 Å². The molecule has 0 spiro atoms. The molecule has 0 aliphatic carbocycles. The number of rotatable bonds is 5. The van der Waals surface area contributed by atoms with Gasteiger partial charge in [-0.25, -0.2) is 4.79 Å². The molecule has 4 heteroatoms. The van der Waals surface area contributed by atoms with Crippen LogP contribution in [0, 0.1) is 0 Å². The third-order valence-corrected chi connectivity index (χ3v) is 4.17. The van der Waals surface area contributed by atoms with Crippen molar-refractivity contribution in [1.82, 2.24) is 0 Å². The van der Waals surface area contributed by atoms with Gasteiger partial charge in [0.25, 0.3) is 0 Å². The van der Waals surface area contributed by atoms with Crippen molar-refractivity contribution in [2.24, 2.45) is 0 Å². The number of para-hydroxylation sites is 2. The van der Waals surface area contributed by atoms with Gasteiger partial charge in [0.2, 0.25) is 0 Å². The first-order chi connectivity index (χ1) is 11.6. The largest absolute Gasteiger partial charge is 0.456 e. The third kappa shape index (κ3) is 2.69. The summed E-state index contributed by atoms with van der Waals surface area (Å²) in [5.41, 5.74) is 0.905. The van der Waals surface area contributed by atoms with Gasteiger partial charge in [-0.1, -0.05) is 43.0 Å². The summed E-state index contributed by atoms with van der Waals surface area (Å²) in [6.45, 7) is 5.32. The number of benzene rings is 2. The second-order valence-corrected chi connectivity index (χ2v) is 5.92. The number of ether oxygens (including phenoxy) is 2. The number of carbonyl (C=O) groups is 1. The number of aliphatic hydroxyl groups excluding tert-OH is 1. The van der Waals surface area contributed by atoms with Gasteiger partial charge < -0.3 is 14.6 Å². The van der Waals surface area contributed by atoms with Crippen LogP contribution in [0.5, 0.6) is 11.5 Å². The maximum Gasteiger partial charge on any atom is 0.334 e. The van der Waals surface area contributed by atoms with Crippen LogP contribution in [0.1, 0.15) is 30.9 Å². The third-order valence-electron chi connectivity index (χ3n) is 4.17. The maximum atomic E-state index is 12.4. The second-order valence-electron chi connectivity index (χ2n) is 5.92. The van der Waals surface area contributed by atoms with E-state index >= 15 is 0 Å². The first-order valence-corrected chi connectivity index (χ1v) is 7.95. The minimum Gasteiger partial charge on any atom is -0.456 e. The fourth-order valence-electron chi connectivity index (χ4n) is 3.05. The first kappa shape index (κ1) is 16.3. The number of carbonyl (C=O) groups excluding carboxylic acids is 1. The summed E-state index contributed by atoms with van der Waals surface area (Å²) in [4.78, 5) is 12.4. The number of hydrogen-bond acceptors (Lipinski definition) is 4. The molecule has 0 saturated carbocycles. The van der Waals surface area contributed by atoms with Crippen molar-refractivity contribution in [3.05, 3.63) is 71.8 Å². The zero-order valence-electron chi connectivity index (χ0n) is 13.6. The summed E-state index contributed by atoms with van der Waals surface area (Å²) >= 11 is 0. The predicted octanol–water partition coefficient (Wildman–Crippen LogP) is 3.93. The highest BCUT2D eigenvalue weighted by molar-refractivity contribution is 5.88. The Hall–Kier alpha value is -2.59. The van der Waals surface area contributed by atoms with Crippen molar-refractivity contribution in [3.8, 4) is 11.5 Å². The van der Waals surface area contributed by atoms with Crippen LogP contribution in [-0.4, -0.2) is 17.7 Å². The average Bonchev–Trinajstić information content (AvgIpc) is 2.60. The van der Waals surface area contributed by atoms with E-state index in [4.69, 9.17) is 9.47 Å². The molecular weight excluding hydrogens is 304 g/mol. The van der Waals surface area contributed by atoms with E-state index in [9.17, 15) is 9.90 Å². The molecule has 0 radical (unpaired) electrons. The van der Waals surface area contributed by atoms with E-state index in [-0.39, 0.29) is 6.61 Å². The second kappa shape index (κ2) is 6.49. The Morgan fingerprint density at radius 2 is 1.67 bits per heavy atom. The van der Waals surface area contributed by atoms with Gasteiger partial charge in [0.1, 0.15) is 11.5 Å². The standard InChI is InChI=1S/C20H20O4/c1-14(2)19(22)24-20(12-7-13-21)15-8-3-5-10-17(15)23-18-11-6-4-9-16(18)20/h3-6,8-11,21H,1,7,12-13H2,2H3. The molecular formula is C20H20O4. The molecule has 1 N–H and O–H groups in total. The van der Waals surface area contributed by atoms with Crippen molar-refractivity contribution < 1.29 is 19.4 Å². The van der Waals surface area contributed by atoms with E-state index in [1.54, 1.807) is 6.92 Å². The summed E-state index contributed by atoms with van der Waals surface area (Å²) in [7, 11) is 0. The monoisotopic (exact) mass is 324 g/mol.